The van der Waals surface area contributed by atoms with Crippen molar-refractivity contribution in [2.24, 2.45) is 0 Å². The predicted octanol–water partition coefficient (Wildman–Crippen LogP) is 5.42. The van der Waals surface area contributed by atoms with E-state index >= 15 is 0 Å². The molecule has 2 aromatic heterocycles. The van der Waals surface area contributed by atoms with Crippen molar-refractivity contribution in [1.29, 1.82) is 0 Å². The number of aromatic nitrogens is 2. The Hall–Kier alpha value is -2.17. The molecule has 0 fully saturated rings. The molecule has 4 nitrogen and oxygen atoms in total. The molecule has 1 aromatic carbocycles. The third-order valence-electron chi connectivity index (χ3n) is 3.92. The standard InChI is InChI=1S/C19H16Cl2N2O2/c1-2-12-3-5-13(6-4-12)17-10-15(25-23-17)7-8-18(24)16-9-14(20)11-22-19(16)21/h3-6,9-11H,2,7-8H2,1H3. The summed E-state index contributed by atoms with van der Waals surface area (Å²) >= 11 is 11.8. The lowest BCUT2D eigenvalue weighted by atomic mass is 10.1. The van der Waals surface area contributed by atoms with Crippen LogP contribution in [0.2, 0.25) is 10.2 Å². The highest BCUT2D eigenvalue weighted by Crippen LogP contribution is 2.22. The fourth-order valence-corrected chi connectivity index (χ4v) is 2.83. The number of benzene rings is 1. The molecule has 0 saturated heterocycles. The molecule has 0 aliphatic heterocycles. The molecule has 0 aliphatic rings. The van der Waals surface area contributed by atoms with E-state index in [1.807, 2.05) is 18.2 Å². The molecule has 0 atom stereocenters. The van der Waals surface area contributed by atoms with Crippen LogP contribution in [0.15, 0.2) is 47.1 Å². The number of hydrogen-bond acceptors (Lipinski definition) is 4. The number of ketones is 1. The van der Waals surface area contributed by atoms with E-state index in [1.54, 1.807) is 0 Å². The van der Waals surface area contributed by atoms with E-state index in [9.17, 15) is 4.79 Å². The molecule has 25 heavy (non-hydrogen) atoms. The number of aryl methyl sites for hydroxylation is 2. The molecule has 0 N–H and O–H groups in total. The fourth-order valence-electron chi connectivity index (χ4n) is 2.47. The molecule has 0 spiro atoms. The Morgan fingerprint density at radius 2 is 1.92 bits per heavy atom. The minimum atomic E-state index is -0.134. The summed E-state index contributed by atoms with van der Waals surface area (Å²) in [5.74, 6) is 0.513. The summed E-state index contributed by atoms with van der Waals surface area (Å²) < 4.78 is 5.34. The van der Waals surface area contributed by atoms with Gasteiger partial charge in [-0.05, 0) is 18.1 Å². The molecule has 128 valence electrons. The van der Waals surface area contributed by atoms with E-state index < -0.39 is 0 Å². The second-order valence-corrected chi connectivity index (χ2v) is 6.44. The summed E-state index contributed by atoms with van der Waals surface area (Å²) in [6, 6.07) is 11.6. The summed E-state index contributed by atoms with van der Waals surface area (Å²) in [5.41, 5.74) is 3.34. The lowest BCUT2D eigenvalue weighted by Crippen LogP contribution is -2.03. The van der Waals surface area contributed by atoms with Crippen molar-refractivity contribution in [1.82, 2.24) is 10.1 Å². The van der Waals surface area contributed by atoms with Gasteiger partial charge in [-0.25, -0.2) is 4.98 Å². The zero-order valence-electron chi connectivity index (χ0n) is 13.6. The topological polar surface area (TPSA) is 56.0 Å². The highest BCUT2D eigenvalue weighted by atomic mass is 35.5. The first-order valence-corrected chi connectivity index (χ1v) is 8.71. The van der Waals surface area contributed by atoms with Crippen LogP contribution in [0.25, 0.3) is 11.3 Å². The molecule has 3 rings (SSSR count). The SMILES string of the molecule is CCc1ccc(-c2cc(CCC(=O)c3cc(Cl)cnc3Cl)on2)cc1. The summed E-state index contributed by atoms with van der Waals surface area (Å²) in [6.45, 7) is 2.11. The van der Waals surface area contributed by atoms with Gasteiger partial charge >= 0.3 is 0 Å². The quantitative estimate of drug-likeness (QED) is 0.426. The maximum atomic E-state index is 12.3. The Bertz CT molecular complexity index is 889. The Kier molecular flexibility index (Phi) is 5.51. The van der Waals surface area contributed by atoms with Crippen molar-refractivity contribution in [3.8, 4) is 11.3 Å². The number of pyridine rings is 1. The lowest BCUT2D eigenvalue weighted by molar-refractivity contribution is 0.0980. The van der Waals surface area contributed by atoms with Crippen molar-refractivity contribution >= 4 is 29.0 Å². The van der Waals surface area contributed by atoms with E-state index in [2.05, 4.69) is 29.2 Å². The zero-order valence-corrected chi connectivity index (χ0v) is 15.1. The third-order valence-corrected chi connectivity index (χ3v) is 4.43. The third kappa shape index (κ3) is 4.27. The van der Waals surface area contributed by atoms with E-state index in [1.165, 1.54) is 17.8 Å². The second kappa shape index (κ2) is 7.81. The summed E-state index contributed by atoms with van der Waals surface area (Å²) in [7, 11) is 0. The van der Waals surface area contributed by atoms with Crippen LogP contribution >= 0.6 is 23.2 Å². The monoisotopic (exact) mass is 374 g/mol. The largest absolute Gasteiger partial charge is 0.361 e. The molecule has 0 aliphatic carbocycles. The van der Waals surface area contributed by atoms with Gasteiger partial charge in [0.25, 0.3) is 0 Å². The number of rotatable bonds is 6. The first-order valence-electron chi connectivity index (χ1n) is 7.96. The summed E-state index contributed by atoms with van der Waals surface area (Å²) in [5, 5.41) is 4.61. The van der Waals surface area contributed by atoms with Crippen molar-refractivity contribution in [2.45, 2.75) is 26.2 Å². The minimum Gasteiger partial charge on any atom is -0.361 e. The van der Waals surface area contributed by atoms with E-state index in [4.69, 9.17) is 27.7 Å². The molecule has 0 unspecified atom stereocenters. The molecular formula is C19H16Cl2N2O2. The van der Waals surface area contributed by atoms with Gasteiger partial charge < -0.3 is 4.52 Å². The first kappa shape index (κ1) is 17.6. The fraction of sp³-hybridized carbons (Fsp3) is 0.211. The lowest BCUT2D eigenvalue weighted by Gasteiger charge is -2.02. The van der Waals surface area contributed by atoms with E-state index in [0.717, 1.165) is 17.7 Å². The van der Waals surface area contributed by atoms with Gasteiger partial charge in [-0.1, -0.05) is 59.5 Å². The van der Waals surface area contributed by atoms with Gasteiger partial charge in [0.05, 0.1) is 10.6 Å². The van der Waals surface area contributed by atoms with E-state index in [-0.39, 0.29) is 17.4 Å². The number of hydrogen-bond donors (Lipinski definition) is 0. The number of halogens is 2. The van der Waals surface area contributed by atoms with Crippen LogP contribution in [0.4, 0.5) is 0 Å². The molecule has 2 heterocycles. The van der Waals surface area contributed by atoms with Gasteiger partial charge in [0.15, 0.2) is 5.78 Å². The molecule has 0 radical (unpaired) electrons. The predicted molar refractivity (Wildman–Crippen MR) is 98.2 cm³/mol. The van der Waals surface area contributed by atoms with Crippen LogP contribution in [0.1, 0.15) is 35.0 Å². The van der Waals surface area contributed by atoms with E-state index in [0.29, 0.717) is 22.8 Å². The van der Waals surface area contributed by atoms with Gasteiger partial charge in [0.1, 0.15) is 16.6 Å². The Labute approximate surface area is 155 Å². The Morgan fingerprint density at radius 1 is 1.16 bits per heavy atom. The second-order valence-electron chi connectivity index (χ2n) is 5.64. The molecule has 0 bridgehead atoms. The van der Waals surface area contributed by atoms with Gasteiger partial charge in [-0.3, -0.25) is 4.79 Å². The first-order chi connectivity index (χ1) is 12.1. The van der Waals surface area contributed by atoms with Crippen molar-refractivity contribution < 1.29 is 9.32 Å². The molecular weight excluding hydrogens is 359 g/mol. The van der Waals surface area contributed by atoms with Gasteiger partial charge in [-0.2, -0.15) is 0 Å². The van der Waals surface area contributed by atoms with Crippen LogP contribution < -0.4 is 0 Å². The summed E-state index contributed by atoms with van der Waals surface area (Å²) in [4.78, 5) is 16.2. The Morgan fingerprint density at radius 3 is 2.64 bits per heavy atom. The number of carbonyl (C=O) groups excluding carboxylic acids is 1. The number of nitrogens with zero attached hydrogens (tertiary/aromatic N) is 2. The van der Waals surface area contributed by atoms with Crippen LogP contribution in [0, 0.1) is 0 Å². The maximum Gasteiger partial charge on any atom is 0.166 e. The van der Waals surface area contributed by atoms with Gasteiger partial charge in [0.2, 0.25) is 0 Å². The Balaban J connectivity index is 1.67. The van der Waals surface area contributed by atoms with Crippen LogP contribution in [-0.2, 0) is 12.8 Å². The van der Waals surface area contributed by atoms with Crippen molar-refractivity contribution in [3.63, 3.8) is 0 Å². The van der Waals surface area contributed by atoms with Gasteiger partial charge in [0, 0.05) is 30.7 Å². The van der Waals surface area contributed by atoms with Crippen molar-refractivity contribution in [2.75, 3.05) is 0 Å². The van der Waals surface area contributed by atoms with Gasteiger partial charge in [-0.15, -0.1) is 0 Å². The maximum absolute atomic E-state index is 12.3. The highest BCUT2D eigenvalue weighted by Gasteiger charge is 2.14. The summed E-state index contributed by atoms with van der Waals surface area (Å²) in [6.07, 6.45) is 3.08. The smallest absolute Gasteiger partial charge is 0.166 e. The highest BCUT2D eigenvalue weighted by molar-refractivity contribution is 6.34. The van der Waals surface area contributed by atoms with Crippen LogP contribution in [0.5, 0.6) is 0 Å². The molecule has 0 saturated carbocycles. The average molecular weight is 375 g/mol. The molecule has 0 amide bonds. The van der Waals surface area contributed by atoms with Crippen LogP contribution in [-0.4, -0.2) is 15.9 Å². The normalized spacial score (nSPS) is 10.8. The minimum absolute atomic E-state index is 0.134. The number of carbonyl (C=O) groups is 1. The number of Topliss-reactive ketones (excluding diaryl/α,β-unsaturated/α-hetero) is 1. The molecule has 3 aromatic rings. The van der Waals surface area contributed by atoms with Crippen LogP contribution in [0.3, 0.4) is 0 Å². The zero-order chi connectivity index (χ0) is 17.8. The van der Waals surface area contributed by atoms with Crippen molar-refractivity contribution in [3.05, 3.63) is 69.7 Å². The molecule has 6 heteroatoms. The average Bonchev–Trinajstić information content (AvgIpc) is 3.11.